The SMILES string of the molecule is COc1cc2nc(CCn3c(=O)n4n(c3=O)C3Cn5c(=O)n(CCc6nc7cc(OC)c(OC)cc7n(C)c6=O)c(=O)n5C(c5ccc(OCCO)cc5)C3=CC4)c(=O)n(C)c2cc1OC. The number of nitrogens with zero attached hydrogens (tertiary/aromatic N) is 10. The molecule has 4 aromatic heterocycles. The van der Waals surface area contributed by atoms with Crippen LogP contribution in [-0.2, 0) is 53.1 Å². The zero-order valence-electron chi connectivity index (χ0n) is 36.9. The third-order valence-corrected chi connectivity index (χ3v) is 12.4. The summed E-state index contributed by atoms with van der Waals surface area (Å²) in [4.78, 5) is 93.8. The van der Waals surface area contributed by atoms with E-state index in [9.17, 15) is 33.9 Å². The van der Waals surface area contributed by atoms with Crippen molar-refractivity contribution in [2.45, 2.75) is 51.1 Å². The summed E-state index contributed by atoms with van der Waals surface area (Å²) in [6, 6.07) is 11.5. The van der Waals surface area contributed by atoms with E-state index in [-0.39, 0.29) is 63.6 Å². The summed E-state index contributed by atoms with van der Waals surface area (Å²) >= 11 is 0. The maximum Gasteiger partial charge on any atom is 0.348 e. The standard InChI is InChI=1S/C44H46N10O12/c1-47-31-21-36(64-5)34(62-3)19-29(31)45-27(39(47)56)12-14-49-41(58)51-16-11-26-33(53(51)43(49)60)23-52-42(59)50(44(61)54(52)38(26)24-7-9-25(10-8-24)66-18-17-55)15-13-28-40(57)48(2)32-22-37(65-6)35(63-4)20-30(32)46-28/h7-11,19-22,33,38,55H,12-18,23H2,1-6H3. The summed E-state index contributed by atoms with van der Waals surface area (Å²) in [7, 11) is 9.12. The van der Waals surface area contributed by atoms with Crippen LogP contribution in [0.3, 0.4) is 0 Å². The highest BCUT2D eigenvalue weighted by molar-refractivity contribution is 5.80. The van der Waals surface area contributed by atoms with E-state index in [0.717, 1.165) is 9.13 Å². The molecule has 22 nitrogen and oxygen atoms in total. The van der Waals surface area contributed by atoms with E-state index < -0.39 is 46.0 Å². The second-order valence-electron chi connectivity index (χ2n) is 15.8. The molecule has 2 aliphatic rings. The number of rotatable bonds is 14. The van der Waals surface area contributed by atoms with E-state index in [2.05, 4.69) is 9.97 Å². The maximum atomic E-state index is 14.5. The zero-order valence-corrected chi connectivity index (χ0v) is 36.9. The molecular formula is C44H46N10O12. The zero-order chi connectivity index (χ0) is 46.7. The minimum absolute atomic E-state index is 0.0357. The molecule has 2 aliphatic heterocycles. The lowest BCUT2D eigenvalue weighted by atomic mass is 9.90. The first kappa shape index (κ1) is 43.4. The van der Waals surface area contributed by atoms with Gasteiger partial charge < -0.3 is 37.9 Å². The van der Waals surface area contributed by atoms with Gasteiger partial charge >= 0.3 is 22.8 Å². The molecule has 2 atom stereocenters. The van der Waals surface area contributed by atoms with Gasteiger partial charge in [-0.3, -0.25) is 9.59 Å². The van der Waals surface area contributed by atoms with Gasteiger partial charge in [0.25, 0.3) is 11.1 Å². The van der Waals surface area contributed by atoms with Crippen LogP contribution in [0.5, 0.6) is 28.7 Å². The molecule has 344 valence electrons. The first-order chi connectivity index (χ1) is 31.8. The Morgan fingerprint density at radius 1 is 0.636 bits per heavy atom. The van der Waals surface area contributed by atoms with Crippen LogP contribution in [-0.4, -0.2) is 93.7 Å². The Balaban J connectivity index is 1.09. The molecule has 0 aliphatic carbocycles. The van der Waals surface area contributed by atoms with Crippen LogP contribution in [0.25, 0.3) is 22.1 Å². The molecule has 0 radical (unpaired) electrons. The summed E-state index contributed by atoms with van der Waals surface area (Å²) in [5, 5.41) is 9.31. The predicted molar refractivity (Wildman–Crippen MR) is 238 cm³/mol. The molecule has 0 saturated carbocycles. The van der Waals surface area contributed by atoms with Crippen LogP contribution >= 0.6 is 0 Å². The van der Waals surface area contributed by atoms with Crippen molar-refractivity contribution < 1.29 is 28.8 Å². The van der Waals surface area contributed by atoms with Gasteiger partial charge in [-0.15, -0.1) is 0 Å². The number of aliphatic hydroxyl groups excluding tert-OH is 1. The van der Waals surface area contributed by atoms with Crippen LogP contribution in [0.4, 0.5) is 0 Å². The van der Waals surface area contributed by atoms with E-state index in [1.807, 2.05) is 0 Å². The molecular weight excluding hydrogens is 861 g/mol. The van der Waals surface area contributed by atoms with Crippen molar-refractivity contribution in [1.29, 1.82) is 0 Å². The Hall–Kier alpha value is -7.88. The maximum absolute atomic E-state index is 14.5. The summed E-state index contributed by atoms with van der Waals surface area (Å²) in [5.74, 6) is 2.10. The van der Waals surface area contributed by atoms with Crippen LogP contribution in [0, 0.1) is 0 Å². The monoisotopic (exact) mass is 906 g/mol. The Morgan fingerprint density at radius 2 is 1.12 bits per heavy atom. The minimum atomic E-state index is -0.925. The van der Waals surface area contributed by atoms with Crippen molar-refractivity contribution in [3.8, 4) is 28.7 Å². The van der Waals surface area contributed by atoms with Crippen LogP contribution in [0.2, 0.25) is 0 Å². The second-order valence-corrected chi connectivity index (χ2v) is 15.8. The first-order valence-corrected chi connectivity index (χ1v) is 20.9. The molecule has 6 heterocycles. The molecule has 0 amide bonds. The fourth-order valence-electron chi connectivity index (χ4n) is 9.03. The normalized spacial score (nSPS) is 15.3. The van der Waals surface area contributed by atoms with Gasteiger partial charge in [-0.25, -0.2) is 57.0 Å². The van der Waals surface area contributed by atoms with Crippen molar-refractivity contribution in [3.63, 3.8) is 0 Å². The first-order valence-electron chi connectivity index (χ1n) is 20.9. The van der Waals surface area contributed by atoms with E-state index in [4.69, 9.17) is 23.7 Å². The number of methoxy groups -OCH3 is 4. The van der Waals surface area contributed by atoms with E-state index in [1.54, 1.807) is 68.7 Å². The van der Waals surface area contributed by atoms with Crippen molar-refractivity contribution in [1.82, 2.24) is 47.0 Å². The van der Waals surface area contributed by atoms with Gasteiger partial charge in [-0.2, -0.15) is 0 Å². The van der Waals surface area contributed by atoms with Gasteiger partial charge in [-0.05, 0) is 23.3 Å². The fraction of sp³-hybridized carbons (Fsp3) is 0.364. The third-order valence-electron chi connectivity index (χ3n) is 12.4. The lowest BCUT2D eigenvalue weighted by Crippen LogP contribution is -2.47. The summed E-state index contributed by atoms with van der Waals surface area (Å²) < 4.78 is 37.4. The van der Waals surface area contributed by atoms with E-state index >= 15 is 0 Å². The van der Waals surface area contributed by atoms with Crippen molar-refractivity contribution in [3.05, 3.63) is 140 Å². The molecule has 22 heteroatoms. The number of hydrogen-bond donors (Lipinski definition) is 1. The predicted octanol–water partition coefficient (Wildman–Crippen LogP) is 0.105. The van der Waals surface area contributed by atoms with Crippen LogP contribution in [0.1, 0.15) is 29.0 Å². The number of benzene rings is 3. The Labute approximate surface area is 372 Å². The molecule has 1 N–H and O–H groups in total. The molecule has 7 aromatic rings. The Kier molecular flexibility index (Phi) is 11.1. The number of ether oxygens (including phenoxy) is 5. The Bertz CT molecular complexity index is 3490. The van der Waals surface area contributed by atoms with Crippen LogP contribution in [0.15, 0.2) is 88.9 Å². The number of allylic oxidation sites excluding steroid dienone is 2. The van der Waals surface area contributed by atoms with Gasteiger partial charge in [0.05, 0.1) is 76.2 Å². The number of hydrogen-bond acceptors (Lipinski definition) is 14. The Morgan fingerprint density at radius 3 is 1.62 bits per heavy atom. The number of aromatic nitrogens is 10. The molecule has 0 bridgehead atoms. The van der Waals surface area contributed by atoms with Gasteiger partial charge in [-0.1, -0.05) is 18.2 Å². The molecule has 3 aromatic carbocycles. The quantitative estimate of drug-likeness (QED) is 0.143. The molecule has 0 spiro atoms. The highest BCUT2D eigenvalue weighted by Crippen LogP contribution is 2.39. The molecule has 9 rings (SSSR count). The van der Waals surface area contributed by atoms with Gasteiger partial charge in [0.2, 0.25) is 0 Å². The molecule has 0 fully saturated rings. The van der Waals surface area contributed by atoms with Crippen molar-refractivity contribution >= 4 is 22.1 Å². The second kappa shape index (κ2) is 16.9. The van der Waals surface area contributed by atoms with Crippen molar-refractivity contribution in [2.75, 3.05) is 41.7 Å². The average Bonchev–Trinajstić information content (AvgIpc) is 3.72. The summed E-state index contributed by atoms with van der Waals surface area (Å²) in [5.41, 5.74) is -0.264. The highest BCUT2D eigenvalue weighted by atomic mass is 16.5. The lowest BCUT2D eigenvalue weighted by Gasteiger charge is -2.37. The molecule has 66 heavy (non-hydrogen) atoms. The summed E-state index contributed by atoms with van der Waals surface area (Å²) in [6.45, 7) is -0.766. The number of aliphatic hydroxyl groups is 1. The largest absolute Gasteiger partial charge is 0.493 e. The topological polar surface area (TPSA) is 234 Å². The average molecular weight is 907 g/mol. The number of aryl methyl sites for hydroxylation is 4. The van der Waals surface area contributed by atoms with Gasteiger partial charge in [0.15, 0.2) is 23.0 Å². The van der Waals surface area contributed by atoms with Gasteiger partial charge in [0, 0.05) is 64.3 Å². The molecule has 2 unspecified atom stereocenters. The van der Waals surface area contributed by atoms with E-state index in [0.29, 0.717) is 62.0 Å². The minimum Gasteiger partial charge on any atom is -0.493 e. The van der Waals surface area contributed by atoms with Gasteiger partial charge in [0.1, 0.15) is 29.8 Å². The summed E-state index contributed by atoms with van der Waals surface area (Å²) in [6.07, 6.45) is 1.64. The number of fused-ring (bicyclic) bond motifs is 6. The van der Waals surface area contributed by atoms with Crippen LogP contribution < -0.4 is 57.6 Å². The fourth-order valence-corrected chi connectivity index (χ4v) is 9.03. The smallest absolute Gasteiger partial charge is 0.348 e. The highest BCUT2D eigenvalue weighted by Gasteiger charge is 2.41. The molecule has 0 saturated heterocycles. The lowest BCUT2D eigenvalue weighted by molar-refractivity contribution is 0.201. The van der Waals surface area contributed by atoms with Crippen molar-refractivity contribution in [2.24, 2.45) is 14.1 Å². The third kappa shape index (κ3) is 6.91. The van der Waals surface area contributed by atoms with E-state index in [1.165, 1.54) is 56.3 Å².